The molecule has 0 atom stereocenters. The number of nitrogens with zero attached hydrogens (tertiary/aromatic N) is 4. The predicted octanol–water partition coefficient (Wildman–Crippen LogP) is 1.89. The van der Waals surface area contributed by atoms with Crippen LogP contribution in [0.25, 0.3) is 10.9 Å². The monoisotopic (exact) mass is 353 g/mol. The Morgan fingerprint density at radius 2 is 2.04 bits per heavy atom. The topological polar surface area (TPSA) is 103 Å². The lowest BCUT2D eigenvalue weighted by molar-refractivity contribution is 0.0883. The van der Waals surface area contributed by atoms with Gasteiger partial charge >= 0.3 is 11.8 Å². The van der Waals surface area contributed by atoms with E-state index in [9.17, 15) is 9.59 Å². The van der Waals surface area contributed by atoms with Gasteiger partial charge in [-0.2, -0.15) is 4.98 Å². The zero-order valence-corrected chi connectivity index (χ0v) is 14.2. The average Bonchev–Trinajstić information content (AvgIpc) is 3.14. The first-order chi connectivity index (χ1) is 12.7. The molecule has 8 nitrogen and oxygen atoms in total. The van der Waals surface area contributed by atoms with Gasteiger partial charge in [0.15, 0.2) is 5.82 Å². The summed E-state index contributed by atoms with van der Waals surface area (Å²) in [6.45, 7) is 0.0941. The molecule has 0 bridgehead atoms. The molecule has 0 aliphatic heterocycles. The average molecular weight is 353 g/mol. The number of hydrogen-bond donors (Lipinski definition) is 1. The molecule has 4 rings (SSSR count). The van der Waals surface area contributed by atoms with Crippen LogP contribution < -0.4 is 10.9 Å². The minimum Gasteiger partial charge on any atom is -0.345 e. The highest BCUT2D eigenvalue weighted by Gasteiger charge is 2.21. The first-order valence-corrected chi connectivity index (χ1v) is 8.78. The van der Waals surface area contributed by atoms with Gasteiger partial charge < -0.3 is 9.84 Å². The van der Waals surface area contributed by atoms with Crippen LogP contribution in [0.15, 0.2) is 39.9 Å². The summed E-state index contributed by atoms with van der Waals surface area (Å²) in [5.41, 5.74) is 0.447. The molecule has 0 saturated heterocycles. The highest BCUT2D eigenvalue weighted by molar-refractivity contribution is 5.89. The number of para-hydroxylation sites is 1. The van der Waals surface area contributed by atoms with Gasteiger partial charge in [0.1, 0.15) is 0 Å². The molecule has 0 spiro atoms. The lowest BCUT2D eigenvalue weighted by Gasteiger charge is -2.21. The Morgan fingerprint density at radius 3 is 2.88 bits per heavy atom. The summed E-state index contributed by atoms with van der Waals surface area (Å²) in [5, 5.41) is 7.27. The van der Waals surface area contributed by atoms with Crippen LogP contribution >= 0.6 is 0 Å². The molecule has 8 heteroatoms. The maximum absolute atomic E-state index is 12.5. The van der Waals surface area contributed by atoms with E-state index in [2.05, 4.69) is 20.4 Å². The van der Waals surface area contributed by atoms with Crippen molar-refractivity contribution < 1.29 is 9.32 Å². The zero-order chi connectivity index (χ0) is 17.9. The van der Waals surface area contributed by atoms with Crippen molar-refractivity contribution in [3.63, 3.8) is 0 Å². The second kappa shape index (κ2) is 7.07. The van der Waals surface area contributed by atoms with Gasteiger partial charge in [-0.05, 0) is 25.0 Å². The standard InChI is InChI=1S/C18H19N5O3/c24-16(20-12-6-2-1-3-7-12)17-21-15(22-26-17)10-23-11-19-14-9-5-4-8-13(14)18(23)25/h4-5,8-9,11-12H,1-3,6-7,10H2,(H,20,24). The number of amides is 1. The Labute approximate surface area is 149 Å². The highest BCUT2D eigenvalue weighted by atomic mass is 16.5. The van der Waals surface area contributed by atoms with Gasteiger partial charge in [0.05, 0.1) is 23.8 Å². The number of carbonyl (C=O) groups is 1. The Bertz CT molecular complexity index is 988. The molecule has 1 aromatic carbocycles. The van der Waals surface area contributed by atoms with Gasteiger partial charge in [-0.3, -0.25) is 14.2 Å². The highest BCUT2D eigenvalue weighted by Crippen LogP contribution is 2.17. The van der Waals surface area contributed by atoms with E-state index in [1.54, 1.807) is 18.2 Å². The molecule has 2 aromatic heterocycles. The molecule has 1 aliphatic carbocycles. The number of aromatic nitrogens is 4. The van der Waals surface area contributed by atoms with Crippen LogP contribution in [0.4, 0.5) is 0 Å². The first kappa shape index (κ1) is 16.4. The maximum Gasteiger partial charge on any atom is 0.316 e. The fourth-order valence-electron chi connectivity index (χ4n) is 3.28. The number of fused-ring (bicyclic) bond motifs is 1. The van der Waals surface area contributed by atoms with Gasteiger partial charge in [0, 0.05) is 6.04 Å². The molecule has 3 aromatic rings. The van der Waals surface area contributed by atoms with E-state index in [-0.39, 0.29) is 35.8 Å². The zero-order valence-electron chi connectivity index (χ0n) is 14.2. The van der Waals surface area contributed by atoms with Gasteiger partial charge in [0.25, 0.3) is 5.56 Å². The Hall–Kier alpha value is -3.03. The van der Waals surface area contributed by atoms with Gasteiger partial charge in [-0.1, -0.05) is 36.6 Å². The molecular weight excluding hydrogens is 334 g/mol. The van der Waals surface area contributed by atoms with Crippen molar-refractivity contribution in [1.29, 1.82) is 0 Å². The molecule has 134 valence electrons. The van der Waals surface area contributed by atoms with Crippen LogP contribution in [-0.2, 0) is 6.54 Å². The molecular formula is C18H19N5O3. The molecule has 1 aliphatic rings. The normalized spacial score (nSPS) is 15.2. The van der Waals surface area contributed by atoms with E-state index in [0.29, 0.717) is 10.9 Å². The second-order valence-electron chi connectivity index (χ2n) is 6.52. The summed E-state index contributed by atoms with van der Waals surface area (Å²) >= 11 is 0. The largest absolute Gasteiger partial charge is 0.345 e. The van der Waals surface area contributed by atoms with E-state index in [0.717, 1.165) is 25.7 Å². The van der Waals surface area contributed by atoms with Crippen molar-refractivity contribution in [3.05, 3.63) is 52.7 Å². The summed E-state index contributed by atoms with van der Waals surface area (Å²) in [7, 11) is 0. The van der Waals surface area contributed by atoms with Crippen LogP contribution in [0.3, 0.4) is 0 Å². The van der Waals surface area contributed by atoms with Crippen molar-refractivity contribution >= 4 is 16.8 Å². The van der Waals surface area contributed by atoms with Gasteiger partial charge in [-0.15, -0.1) is 0 Å². The number of nitrogens with one attached hydrogen (secondary N) is 1. The van der Waals surface area contributed by atoms with Crippen molar-refractivity contribution in [2.45, 2.75) is 44.7 Å². The van der Waals surface area contributed by atoms with Crippen molar-refractivity contribution in [2.24, 2.45) is 0 Å². The third-order valence-electron chi connectivity index (χ3n) is 4.65. The number of rotatable bonds is 4. The van der Waals surface area contributed by atoms with E-state index in [1.165, 1.54) is 17.3 Å². The summed E-state index contributed by atoms with van der Waals surface area (Å²) in [5.74, 6) is -0.176. The van der Waals surface area contributed by atoms with Crippen molar-refractivity contribution in [1.82, 2.24) is 25.0 Å². The van der Waals surface area contributed by atoms with E-state index < -0.39 is 0 Å². The summed E-state index contributed by atoms with van der Waals surface area (Å²) in [6.07, 6.45) is 6.86. The molecule has 1 saturated carbocycles. The summed E-state index contributed by atoms with van der Waals surface area (Å²) < 4.78 is 6.46. The van der Waals surface area contributed by atoms with Gasteiger partial charge in [0.2, 0.25) is 0 Å². The third-order valence-corrected chi connectivity index (χ3v) is 4.65. The van der Waals surface area contributed by atoms with E-state index in [4.69, 9.17) is 4.52 Å². The molecule has 26 heavy (non-hydrogen) atoms. The minimum atomic E-state index is -0.361. The Morgan fingerprint density at radius 1 is 1.23 bits per heavy atom. The van der Waals surface area contributed by atoms with Crippen molar-refractivity contribution in [3.8, 4) is 0 Å². The van der Waals surface area contributed by atoms with E-state index >= 15 is 0 Å². The molecule has 0 radical (unpaired) electrons. The molecule has 1 fully saturated rings. The van der Waals surface area contributed by atoms with Crippen LogP contribution in [0.2, 0.25) is 0 Å². The quantitative estimate of drug-likeness (QED) is 0.768. The number of carbonyl (C=O) groups excluding carboxylic acids is 1. The fourth-order valence-corrected chi connectivity index (χ4v) is 3.28. The summed E-state index contributed by atoms with van der Waals surface area (Å²) in [6, 6.07) is 7.29. The summed E-state index contributed by atoms with van der Waals surface area (Å²) in [4.78, 5) is 33.1. The maximum atomic E-state index is 12.5. The number of hydrogen-bond acceptors (Lipinski definition) is 6. The predicted molar refractivity (Wildman–Crippen MR) is 93.7 cm³/mol. The third kappa shape index (κ3) is 3.35. The van der Waals surface area contributed by atoms with Crippen LogP contribution in [0, 0.1) is 0 Å². The molecule has 0 unspecified atom stereocenters. The molecule has 1 amide bonds. The van der Waals surface area contributed by atoms with Crippen LogP contribution in [0.5, 0.6) is 0 Å². The van der Waals surface area contributed by atoms with E-state index in [1.807, 2.05) is 6.07 Å². The molecule has 2 heterocycles. The SMILES string of the molecule is O=C(NC1CCCCC1)c1nc(Cn2cnc3ccccc3c2=O)no1. The van der Waals surface area contributed by atoms with Crippen molar-refractivity contribution in [2.75, 3.05) is 0 Å². The number of benzene rings is 1. The Kier molecular flexibility index (Phi) is 4.47. The lowest BCUT2D eigenvalue weighted by Crippen LogP contribution is -2.36. The first-order valence-electron chi connectivity index (χ1n) is 8.78. The Balaban J connectivity index is 1.49. The molecule has 1 N–H and O–H groups in total. The minimum absolute atomic E-state index is 0.0765. The second-order valence-corrected chi connectivity index (χ2v) is 6.52. The van der Waals surface area contributed by atoms with Gasteiger partial charge in [-0.25, -0.2) is 4.98 Å². The smallest absolute Gasteiger partial charge is 0.316 e. The lowest BCUT2D eigenvalue weighted by atomic mass is 9.95. The van der Waals surface area contributed by atoms with Crippen LogP contribution in [0.1, 0.15) is 48.6 Å². The fraction of sp³-hybridized carbons (Fsp3) is 0.389. The van der Waals surface area contributed by atoms with Crippen LogP contribution in [-0.4, -0.2) is 31.6 Å².